The third kappa shape index (κ3) is 3.02. The lowest BCUT2D eigenvalue weighted by molar-refractivity contribution is 0.865. The molecule has 0 aromatic carbocycles. The smallest absolute Gasteiger partial charge is 0.200 e. The van der Waals surface area contributed by atoms with E-state index < -0.39 is 0 Å². The molecule has 0 unspecified atom stereocenters. The first-order valence-corrected chi connectivity index (χ1v) is 10.1. The first-order valence-electron chi connectivity index (χ1n) is 10.1. The summed E-state index contributed by atoms with van der Waals surface area (Å²) in [6.07, 6.45) is 7.18. The van der Waals surface area contributed by atoms with Crippen LogP contribution in [-0.2, 0) is 0 Å². The zero-order chi connectivity index (χ0) is 21.3. The molecule has 0 aliphatic carbocycles. The van der Waals surface area contributed by atoms with E-state index in [2.05, 4.69) is 15.0 Å². The van der Waals surface area contributed by atoms with Gasteiger partial charge in [0.15, 0.2) is 17.5 Å². The Morgan fingerprint density at radius 1 is 0.562 bits per heavy atom. The van der Waals surface area contributed by atoms with Crippen LogP contribution in [0.2, 0.25) is 0 Å². The summed E-state index contributed by atoms with van der Waals surface area (Å²) in [5.41, 5.74) is 3.02. The normalized spacial score (nSPS) is 11.1. The van der Waals surface area contributed by atoms with Crippen molar-refractivity contribution < 1.29 is 0 Å². The van der Waals surface area contributed by atoms with Gasteiger partial charge in [-0.05, 0) is 48.5 Å². The van der Waals surface area contributed by atoms with E-state index in [1.54, 1.807) is 23.3 Å². The van der Waals surface area contributed by atoms with Gasteiger partial charge in [0.05, 0.1) is 5.52 Å². The number of pyridine rings is 4. The highest BCUT2D eigenvalue weighted by Gasteiger charge is 2.22. The molecule has 0 fully saturated rings. The summed E-state index contributed by atoms with van der Waals surface area (Å²) in [4.78, 5) is 23.1. The minimum Gasteiger partial charge on any atom is -0.296 e. The highest BCUT2D eigenvalue weighted by atomic mass is 15.4. The lowest BCUT2D eigenvalue weighted by Crippen LogP contribution is -2.02. The third-order valence-corrected chi connectivity index (χ3v) is 5.02. The van der Waals surface area contributed by atoms with Crippen molar-refractivity contribution in [3.05, 3.63) is 97.6 Å². The summed E-state index contributed by atoms with van der Waals surface area (Å²) in [6, 6.07) is 23.1. The Morgan fingerprint density at radius 2 is 1.19 bits per heavy atom. The number of aromatic nitrogens is 8. The van der Waals surface area contributed by atoms with Gasteiger partial charge in [0.2, 0.25) is 5.82 Å². The molecule has 0 aliphatic heterocycles. The van der Waals surface area contributed by atoms with E-state index in [-0.39, 0.29) is 0 Å². The van der Waals surface area contributed by atoms with Crippen LogP contribution in [0, 0.1) is 0 Å². The molecule has 0 saturated carbocycles. The molecule has 6 aromatic rings. The molecule has 8 nitrogen and oxygen atoms in total. The van der Waals surface area contributed by atoms with Crippen molar-refractivity contribution in [2.24, 2.45) is 0 Å². The second-order valence-corrected chi connectivity index (χ2v) is 7.03. The van der Waals surface area contributed by atoms with Gasteiger partial charge >= 0.3 is 0 Å². The highest BCUT2D eigenvalue weighted by Crippen LogP contribution is 2.28. The summed E-state index contributed by atoms with van der Waals surface area (Å²) in [5, 5.41) is 4.79. The largest absolute Gasteiger partial charge is 0.296 e. The van der Waals surface area contributed by atoms with E-state index in [0.717, 1.165) is 17.0 Å². The Bertz CT molecular complexity index is 1510. The van der Waals surface area contributed by atoms with Gasteiger partial charge < -0.3 is 0 Å². The average Bonchev–Trinajstić information content (AvgIpc) is 3.48. The van der Waals surface area contributed by atoms with Crippen molar-refractivity contribution in [3.8, 4) is 40.4 Å². The maximum atomic E-state index is 4.94. The second-order valence-electron chi connectivity index (χ2n) is 7.03. The molecule has 6 aromatic heterocycles. The number of rotatable bonds is 4. The fraction of sp³-hybridized carbons (Fsp3) is 0. The monoisotopic (exact) mass is 416 g/mol. The highest BCUT2D eigenvalue weighted by molar-refractivity contribution is 5.71. The van der Waals surface area contributed by atoms with Crippen LogP contribution < -0.4 is 0 Å². The van der Waals surface area contributed by atoms with Gasteiger partial charge in [-0.15, -0.1) is 5.10 Å². The van der Waals surface area contributed by atoms with Gasteiger partial charge in [0, 0.05) is 24.8 Å². The van der Waals surface area contributed by atoms with Crippen molar-refractivity contribution in [2.45, 2.75) is 0 Å². The molecular formula is C24H16N8. The third-order valence-electron chi connectivity index (χ3n) is 5.02. The molecule has 0 N–H and O–H groups in total. The Morgan fingerprint density at radius 3 is 1.84 bits per heavy atom. The average molecular weight is 416 g/mol. The van der Waals surface area contributed by atoms with Crippen molar-refractivity contribution in [1.29, 1.82) is 0 Å². The SMILES string of the molecule is c1ccc(-c2nc(-c3ccccn3)n(-c3nc(-c4ccccn4)n4ccccc34)n2)nc1. The molecule has 8 heteroatoms. The fourth-order valence-electron chi connectivity index (χ4n) is 3.58. The van der Waals surface area contributed by atoms with E-state index in [9.17, 15) is 0 Å². The molecule has 6 rings (SSSR count). The lowest BCUT2D eigenvalue weighted by atomic mass is 10.3. The standard InChI is InChI=1S/C24H16N8/c1-5-13-25-17(9-1)21-28-23(19-11-3-7-15-27-19)32(30-21)24-20-12-4-8-16-31(20)22(29-24)18-10-2-6-14-26-18/h1-16H. The predicted octanol–water partition coefficient (Wildman–Crippen LogP) is 4.10. The van der Waals surface area contributed by atoms with Crippen molar-refractivity contribution in [2.75, 3.05) is 0 Å². The lowest BCUT2D eigenvalue weighted by Gasteiger charge is -2.02. The van der Waals surface area contributed by atoms with Gasteiger partial charge in [-0.2, -0.15) is 4.68 Å². The zero-order valence-electron chi connectivity index (χ0n) is 16.8. The van der Waals surface area contributed by atoms with Gasteiger partial charge in [0.1, 0.15) is 17.1 Å². The van der Waals surface area contributed by atoms with Gasteiger partial charge in [-0.25, -0.2) is 9.97 Å². The van der Waals surface area contributed by atoms with Crippen molar-refractivity contribution >= 4 is 5.52 Å². The Balaban J connectivity index is 1.63. The van der Waals surface area contributed by atoms with Crippen LogP contribution in [0.5, 0.6) is 0 Å². The number of fused-ring (bicyclic) bond motifs is 1. The molecule has 152 valence electrons. The summed E-state index contributed by atoms with van der Waals surface area (Å²) in [5.74, 6) is 2.45. The molecule has 32 heavy (non-hydrogen) atoms. The minimum absolute atomic E-state index is 0.503. The predicted molar refractivity (Wildman–Crippen MR) is 120 cm³/mol. The maximum Gasteiger partial charge on any atom is 0.200 e. The molecule has 6 heterocycles. The first kappa shape index (κ1) is 18.1. The Labute approximate surface area is 182 Å². The van der Waals surface area contributed by atoms with E-state index in [1.807, 2.05) is 83.4 Å². The zero-order valence-corrected chi connectivity index (χ0v) is 16.8. The molecular weight excluding hydrogens is 400 g/mol. The van der Waals surface area contributed by atoms with Gasteiger partial charge in [0.25, 0.3) is 0 Å². The fourth-order valence-corrected chi connectivity index (χ4v) is 3.58. The minimum atomic E-state index is 0.503. The Hall–Kier alpha value is -4.72. The van der Waals surface area contributed by atoms with Crippen LogP contribution in [0.1, 0.15) is 0 Å². The van der Waals surface area contributed by atoms with Gasteiger partial charge in [-0.3, -0.25) is 19.4 Å². The second kappa shape index (κ2) is 7.51. The van der Waals surface area contributed by atoms with Crippen LogP contribution in [0.25, 0.3) is 45.9 Å². The van der Waals surface area contributed by atoms with E-state index in [0.29, 0.717) is 28.9 Å². The van der Waals surface area contributed by atoms with Crippen LogP contribution in [-0.4, -0.2) is 39.1 Å². The molecule has 0 spiro atoms. The first-order chi connectivity index (χ1) is 15.9. The van der Waals surface area contributed by atoms with Crippen LogP contribution in [0.4, 0.5) is 0 Å². The van der Waals surface area contributed by atoms with Crippen molar-refractivity contribution in [3.63, 3.8) is 0 Å². The quantitative estimate of drug-likeness (QED) is 0.430. The summed E-state index contributed by atoms with van der Waals surface area (Å²) in [6.45, 7) is 0. The van der Waals surface area contributed by atoms with Crippen LogP contribution in [0.3, 0.4) is 0 Å². The van der Waals surface area contributed by atoms with Crippen molar-refractivity contribution in [1.82, 2.24) is 39.1 Å². The topological polar surface area (TPSA) is 86.7 Å². The summed E-state index contributed by atoms with van der Waals surface area (Å²) in [7, 11) is 0. The molecule has 0 atom stereocenters. The van der Waals surface area contributed by atoms with E-state index in [1.165, 1.54) is 0 Å². The number of hydrogen-bond acceptors (Lipinski definition) is 6. The Kier molecular flexibility index (Phi) is 4.25. The number of nitrogens with zero attached hydrogens (tertiary/aromatic N) is 8. The molecule has 0 radical (unpaired) electrons. The molecule has 0 saturated heterocycles. The van der Waals surface area contributed by atoms with E-state index >= 15 is 0 Å². The van der Waals surface area contributed by atoms with E-state index in [4.69, 9.17) is 15.1 Å². The molecule has 0 amide bonds. The van der Waals surface area contributed by atoms with Crippen LogP contribution >= 0.6 is 0 Å². The van der Waals surface area contributed by atoms with Crippen LogP contribution in [0.15, 0.2) is 97.6 Å². The molecule has 0 aliphatic rings. The number of imidazole rings is 1. The maximum absolute atomic E-state index is 4.94. The molecule has 0 bridgehead atoms. The van der Waals surface area contributed by atoms with Gasteiger partial charge in [-0.1, -0.05) is 24.3 Å². The summed E-state index contributed by atoms with van der Waals surface area (Å²) >= 11 is 0. The summed E-state index contributed by atoms with van der Waals surface area (Å²) < 4.78 is 3.73. The number of hydrogen-bond donors (Lipinski definition) is 0.